The highest BCUT2D eigenvalue weighted by Crippen LogP contribution is 2.25. The van der Waals surface area contributed by atoms with E-state index in [4.69, 9.17) is 0 Å². The zero-order valence-corrected chi connectivity index (χ0v) is 9.68. The van der Waals surface area contributed by atoms with E-state index in [1.165, 1.54) is 18.2 Å². The molecule has 1 aromatic rings. The predicted molar refractivity (Wildman–Crippen MR) is 63.0 cm³/mol. The zero-order chi connectivity index (χ0) is 12.8. The fourth-order valence-electron chi connectivity index (χ4n) is 1.41. The minimum absolute atomic E-state index is 0.140. The smallest absolute Gasteiger partial charge is 0.258 e. The van der Waals surface area contributed by atoms with Crippen LogP contribution in [0.1, 0.15) is 30.1 Å². The van der Waals surface area contributed by atoms with E-state index >= 15 is 0 Å². The van der Waals surface area contributed by atoms with Gasteiger partial charge >= 0.3 is 0 Å². The van der Waals surface area contributed by atoms with Crippen LogP contribution < -0.4 is 5.32 Å². The lowest BCUT2D eigenvalue weighted by molar-refractivity contribution is 0.0936. The second kappa shape index (κ2) is 6.10. The average molecular weight is 239 g/mol. The Morgan fingerprint density at radius 1 is 1.35 bits per heavy atom. The normalized spacial score (nSPS) is 12.1. The lowest BCUT2D eigenvalue weighted by Crippen LogP contribution is -2.27. The highest BCUT2D eigenvalue weighted by molar-refractivity contribution is 5.99. The van der Waals surface area contributed by atoms with Crippen LogP contribution in [0, 0.1) is 0 Å². The van der Waals surface area contributed by atoms with Crippen molar-refractivity contribution in [1.82, 2.24) is 5.32 Å². The minimum atomic E-state index is -0.552. The average Bonchev–Trinajstić information content (AvgIpc) is 2.28. The topological polar surface area (TPSA) is 89.8 Å². The van der Waals surface area contributed by atoms with Gasteiger partial charge in [0.15, 0.2) is 0 Å². The summed E-state index contributed by atoms with van der Waals surface area (Å²) < 4.78 is 0. The number of carbonyl (C=O) groups is 1. The fraction of sp³-hybridized carbons (Fsp3) is 0.417. The molecule has 0 aliphatic carbocycles. The van der Waals surface area contributed by atoms with Crippen LogP contribution >= 0.6 is 0 Å². The van der Waals surface area contributed by atoms with Crippen molar-refractivity contribution in [2.75, 3.05) is 6.54 Å². The third-order valence-electron chi connectivity index (χ3n) is 2.48. The molecule has 0 bridgehead atoms. The van der Waals surface area contributed by atoms with Crippen molar-refractivity contribution in [3.05, 3.63) is 23.8 Å². The van der Waals surface area contributed by atoms with Gasteiger partial charge in [-0.2, -0.15) is 0 Å². The number of rotatable bonds is 5. The molecule has 5 nitrogen and oxygen atoms in total. The van der Waals surface area contributed by atoms with Crippen LogP contribution in [0.15, 0.2) is 18.2 Å². The molecule has 0 heterocycles. The Balaban J connectivity index is 2.59. The third-order valence-corrected chi connectivity index (χ3v) is 2.48. The predicted octanol–water partition coefficient (Wildman–Crippen LogP) is 0.989. The minimum Gasteiger partial charge on any atom is -0.507 e. The summed E-state index contributed by atoms with van der Waals surface area (Å²) in [6.45, 7) is 2.14. The summed E-state index contributed by atoms with van der Waals surface area (Å²) in [5, 5.41) is 30.7. The summed E-state index contributed by atoms with van der Waals surface area (Å²) in [6.07, 6.45) is 0.613. The van der Waals surface area contributed by atoms with Gasteiger partial charge in [-0.3, -0.25) is 4.79 Å². The standard InChI is InChI=1S/C12H17NO4/c1-2-8(14)6-7-13-12(17)11-9(15)4-3-5-10(11)16/h3-5,8,14-16H,2,6-7H2,1H3,(H,13,17). The molecule has 0 aliphatic rings. The van der Waals surface area contributed by atoms with Gasteiger partial charge in [0.25, 0.3) is 5.91 Å². The van der Waals surface area contributed by atoms with E-state index in [1.54, 1.807) is 0 Å². The van der Waals surface area contributed by atoms with E-state index in [1.807, 2.05) is 6.92 Å². The van der Waals surface area contributed by atoms with Crippen LogP contribution in [0.4, 0.5) is 0 Å². The summed E-state index contributed by atoms with van der Waals surface area (Å²) >= 11 is 0. The maximum Gasteiger partial charge on any atom is 0.258 e. The molecule has 1 amide bonds. The number of carbonyl (C=O) groups excluding carboxylic acids is 1. The molecule has 0 fully saturated rings. The fourth-order valence-corrected chi connectivity index (χ4v) is 1.41. The van der Waals surface area contributed by atoms with Gasteiger partial charge in [0.05, 0.1) is 6.10 Å². The number of aliphatic hydroxyl groups excluding tert-OH is 1. The van der Waals surface area contributed by atoms with E-state index in [0.717, 1.165) is 0 Å². The first kappa shape index (κ1) is 13.3. The molecule has 1 aromatic carbocycles. The molecular weight excluding hydrogens is 222 g/mol. The Morgan fingerprint density at radius 3 is 2.47 bits per heavy atom. The molecule has 5 heteroatoms. The van der Waals surface area contributed by atoms with Gasteiger partial charge in [-0.15, -0.1) is 0 Å². The van der Waals surface area contributed by atoms with E-state index < -0.39 is 12.0 Å². The summed E-state index contributed by atoms with van der Waals surface area (Å²) in [5.41, 5.74) is -0.140. The van der Waals surface area contributed by atoms with Crippen LogP contribution in [0.25, 0.3) is 0 Å². The van der Waals surface area contributed by atoms with E-state index in [0.29, 0.717) is 19.4 Å². The van der Waals surface area contributed by atoms with Crippen molar-refractivity contribution in [2.45, 2.75) is 25.9 Å². The molecule has 1 atom stereocenters. The summed E-state index contributed by atoms with van der Waals surface area (Å²) in [4.78, 5) is 11.6. The number of hydrogen-bond donors (Lipinski definition) is 4. The number of phenolic OH excluding ortho intramolecular Hbond substituents is 2. The molecule has 0 aromatic heterocycles. The number of amides is 1. The first-order valence-corrected chi connectivity index (χ1v) is 5.53. The number of hydrogen-bond acceptors (Lipinski definition) is 4. The molecular formula is C12H17NO4. The summed E-state index contributed by atoms with van der Waals surface area (Å²) in [5.74, 6) is -1.08. The molecule has 0 spiro atoms. The first-order chi connectivity index (χ1) is 8.06. The molecule has 0 radical (unpaired) electrons. The Bertz CT molecular complexity index is 372. The highest BCUT2D eigenvalue weighted by atomic mass is 16.3. The van der Waals surface area contributed by atoms with Crippen LogP contribution in [0.3, 0.4) is 0 Å². The van der Waals surface area contributed by atoms with Gasteiger partial charge in [-0.25, -0.2) is 0 Å². The summed E-state index contributed by atoms with van der Waals surface area (Å²) in [7, 11) is 0. The van der Waals surface area contributed by atoms with Crippen molar-refractivity contribution in [2.24, 2.45) is 0 Å². The van der Waals surface area contributed by atoms with Crippen molar-refractivity contribution in [3.63, 3.8) is 0 Å². The monoisotopic (exact) mass is 239 g/mol. The van der Waals surface area contributed by atoms with Gasteiger partial charge in [0.1, 0.15) is 17.1 Å². The van der Waals surface area contributed by atoms with Crippen LogP contribution in [-0.2, 0) is 0 Å². The molecule has 1 rings (SSSR count). The number of aliphatic hydroxyl groups is 1. The third kappa shape index (κ3) is 3.64. The van der Waals surface area contributed by atoms with Crippen molar-refractivity contribution in [1.29, 1.82) is 0 Å². The SMILES string of the molecule is CCC(O)CCNC(=O)c1c(O)cccc1O. The number of aromatic hydroxyl groups is 2. The molecule has 4 N–H and O–H groups in total. The van der Waals surface area contributed by atoms with Crippen molar-refractivity contribution < 1.29 is 20.1 Å². The molecule has 0 saturated heterocycles. The lowest BCUT2D eigenvalue weighted by atomic mass is 10.1. The van der Waals surface area contributed by atoms with Crippen LogP contribution in [-0.4, -0.2) is 33.9 Å². The molecule has 0 aliphatic heterocycles. The largest absolute Gasteiger partial charge is 0.507 e. The van der Waals surface area contributed by atoms with Gasteiger partial charge in [0, 0.05) is 6.54 Å². The summed E-state index contributed by atoms with van der Waals surface area (Å²) in [6, 6.07) is 4.10. The van der Waals surface area contributed by atoms with Crippen molar-refractivity contribution in [3.8, 4) is 11.5 Å². The lowest BCUT2D eigenvalue weighted by Gasteiger charge is -2.10. The number of nitrogens with one attached hydrogen (secondary N) is 1. The number of phenols is 2. The second-order valence-corrected chi connectivity index (χ2v) is 3.78. The van der Waals surface area contributed by atoms with Crippen LogP contribution in [0.5, 0.6) is 11.5 Å². The quantitative estimate of drug-likeness (QED) is 0.616. The zero-order valence-electron chi connectivity index (χ0n) is 9.68. The van der Waals surface area contributed by atoms with E-state index in [-0.39, 0.29) is 17.1 Å². The highest BCUT2D eigenvalue weighted by Gasteiger charge is 2.15. The molecule has 94 valence electrons. The maximum absolute atomic E-state index is 11.6. The maximum atomic E-state index is 11.6. The van der Waals surface area contributed by atoms with Gasteiger partial charge in [-0.1, -0.05) is 13.0 Å². The van der Waals surface area contributed by atoms with E-state index in [9.17, 15) is 20.1 Å². The Hall–Kier alpha value is -1.75. The molecule has 0 saturated carbocycles. The Kier molecular flexibility index (Phi) is 4.78. The van der Waals surface area contributed by atoms with Crippen LogP contribution in [0.2, 0.25) is 0 Å². The van der Waals surface area contributed by atoms with Gasteiger partial charge in [0.2, 0.25) is 0 Å². The molecule has 17 heavy (non-hydrogen) atoms. The number of benzene rings is 1. The van der Waals surface area contributed by atoms with E-state index in [2.05, 4.69) is 5.32 Å². The van der Waals surface area contributed by atoms with Gasteiger partial charge in [-0.05, 0) is 25.0 Å². The molecule has 1 unspecified atom stereocenters. The Morgan fingerprint density at radius 2 is 1.94 bits per heavy atom. The van der Waals surface area contributed by atoms with Crippen molar-refractivity contribution >= 4 is 5.91 Å². The first-order valence-electron chi connectivity index (χ1n) is 5.53. The Labute approximate surface area is 99.7 Å². The van der Waals surface area contributed by atoms with Gasteiger partial charge < -0.3 is 20.6 Å². The second-order valence-electron chi connectivity index (χ2n) is 3.78.